The van der Waals surface area contributed by atoms with Gasteiger partial charge in [0.25, 0.3) is 0 Å². The second kappa shape index (κ2) is 44.4. The molecule has 9 heteroatoms. The van der Waals surface area contributed by atoms with Crippen molar-refractivity contribution in [1.29, 1.82) is 0 Å². The predicted molar refractivity (Wildman–Crippen MR) is 263 cm³/mol. The highest BCUT2D eigenvalue weighted by Crippen LogP contribution is 2.43. The Morgan fingerprint density at radius 3 is 1.21 bits per heavy atom. The molecule has 0 spiro atoms. The summed E-state index contributed by atoms with van der Waals surface area (Å²) in [6, 6.07) is -0.840. The molecule has 0 aromatic carbocycles. The molecule has 0 saturated carbocycles. The molecule has 3 atom stereocenters. The Morgan fingerprint density at radius 1 is 0.541 bits per heavy atom. The molecule has 0 aromatic heterocycles. The van der Waals surface area contributed by atoms with Crippen LogP contribution in [-0.2, 0) is 18.4 Å². The van der Waals surface area contributed by atoms with Crippen LogP contribution >= 0.6 is 7.82 Å². The number of aliphatic hydroxyl groups excluding tert-OH is 1. The number of carbonyl (C=O) groups is 1. The van der Waals surface area contributed by atoms with Crippen LogP contribution in [0.1, 0.15) is 264 Å². The maximum atomic E-state index is 12.9. The van der Waals surface area contributed by atoms with Crippen LogP contribution in [0.3, 0.4) is 0 Å². The average molecular weight is 886 g/mol. The predicted octanol–water partition coefficient (Wildman–Crippen LogP) is 15.5. The van der Waals surface area contributed by atoms with Gasteiger partial charge in [0.15, 0.2) is 0 Å². The summed E-state index contributed by atoms with van der Waals surface area (Å²) in [5.74, 6) is -0.173. The van der Waals surface area contributed by atoms with Gasteiger partial charge in [-0.15, -0.1) is 0 Å². The van der Waals surface area contributed by atoms with Gasteiger partial charge in [-0.1, -0.05) is 251 Å². The Bertz CT molecular complexity index is 1000. The highest BCUT2D eigenvalue weighted by Gasteiger charge is 2.27. The Morgan fingerprint density at radius 2 is 0.869 bits per heavy atom. The Balaban J connectivity index is 4.03. The summed E-state index contributed by atoms with van der Waals surface area (Å²) < 4.78 is 23.6. The van der Waals surface area contributed by atoms with Crippen molar-refractivity contribution < 1.29 is 32.9 Å². The molecule has 0 rings (SSSR count). The molecule has 1 amide bonds. The topological polar surface area (TPSA) is 105 Å². The van der Waals surface area contributed by atoms with Gasteiger partial charge in [-0.25, -0.2) is 4.57 Å². The third-order valence-corrected chi connectivity index (χ3v) is 13.2. The van der Waals surface area contributed by atoms with Crippen molar-refractivity contribution in [2.24, 2.45) is 0 Å². The summed E-state index contributed by atoms with van der Waals surface area (Å²) >= 11 is 0. The minimum atomic E-state index is -4.33. The summed E-state index contributed by atoms with van der Waals surface area (Å²) in [5, 5.41) is 13.8. The van der Waals surface area contributed by atoms with E-state index in [1.54, 1.807) is 6.08 Å². The van der Waals surface area contributed by atoms with E-state index >= 15 is 0 Å². The molecule has 8 nitrogen and oxygen atoms in total. The number of carbonyl (C=O) groups excluding carboxylic acids is 1. The first-order chi connectivity index (χ1) is 29.5. The number of amides is 1. The molecule has 3 N–H and O–H groups in total. The van der Waals surface area contributed by atoms with Crippen LogP contribution in [0.2, 0.25) is 0 Å². The van der Waals surface area contributed by atoms with E-state index in [4.69, 9.17) is 9.05 Å². The number of allylic oxidation sites excluding steroid dienone is 1. The van der Waals surface area contributed by atoms with Gasteiger partial charge in [0, 0.05) is 6.42 Å². The zero-order valence-corrected chi connectivity index (χ0v) is 42.3. The van der Waals surface area contributed by atoms with Crippen LogP contribution < -0.4 is 5.32 Å². The number of hydrogen-bond donors (Lipinski definition) is 3. The van der Waals surface area contributed by atoms with Crippen molar-refractivity contribution in [1.82, 2.24) is 5.32 Å². The van der Waals surface area contributed by atoms with E-state index < -0.39 is 20.0 Å². The fourth-order valence-corrected chi connectivity index (χ4v) is 8.78. The largest absolute Gasteiger partial charge is 0.472 e. The van der Waals surface area contributed by atoms with Crippen molar-refractivity contribution in [2.45, 2.75) is 276 Å². The molecule has 0 fully saturated rings. The first kappa shape index (κ1) is 60.2. The fourth-order valence-electron chi connectivity index (χ4n) is 8.04. The highest BCUT2D eigenvalue weighted by molar-refractivity contribution is 7.47. The maximum Gasteiger partial charge on any atom is 0.472 e. The van der Waals surface area contributed by atoms with E-state index in [0.717, 1.165) is 38.5 Å². The number of likely N-dealkylation sites (N-methyl/N-ethyl adjacent to an activating group) is 1. The lowest BCUT2D eigenvalue weighted by Crippen LogP contribution is -2.45. The highest BCUT2D eigenvalue weighted by atomic mass is 31.2. The van der Waals surface area contributed by atoms with Gasteiger partial charge in [0.2, 0.25) is 5.91 Å². The first-order valence-corrected chi connectivity index (χ1v) is 28.1. The Labute approximate surface area is 380 Å². The van der Waals surface area contributed by atoms with E-state index in [-0.39, 0.29) is 19.1 Å². The molecule has 0 aromatic rings. The van der Waals surface area contributed by atoms with Gasteiger partial charge in [-0.05, 0) is 19.3 Å². The van der Waals surface area contributed by atoms with Crippen LogP contribution in [0, 0.1) is 0 Å². The number of nitrogens with zero attached hydrogens (tertiary/aromatic N) is 1. The molecular weight excluding hydrogens is 780 g/mol. The van der Waals surface area contributed by atoms with E-state index in [1.165, 1.54) is 205 Å². The van der Waals surface area contributed by atoms with E-state index in [9.17, 15) is 19.4 Å². The van der Waals surface area contributed by atoms with Crippen molar-refractivity contribution in [3.8, 4) is 0 Å². The average Bonchev–Trinajstić information content (AvgIpc) is 3.21. The van der Waals surface area contributed by atoms with Gasteiger partial charge in [-0.3, -0.25) is 13.8 Å². The third-order valence-electron chi connectivity index (χ3n) is 12.3. The zero-order valence-electron chi connectivity index (χ0n) is 41.4. The van der Waals surface area contributed by atoms with Crippen molar-refractivity contribution >= 4 is 13.7 Å². The van der Waals surface area contributed by atoms with Crippen molar-refractivity contribution in [2.75, 3.05) is 40.9 Å². The standard InChI is InChI=1S/C52H105N2O6P/c1-6-8-10-12-14-16-18-19-20-21-22-23-24-25-26-27-28-29-30-31-32-33-34-36-38-40-42-44-46-52(56)53-50(49-60-61(57,58)59-48-47-54(3,4)5)51(55)45-43-41-39-37-35-17-15-13-11-9-7-2/h43,45,50-51,55H,6-42,44,46-49H2,1-5H3,(H-,53,56,57,58)/p+1/b45-43+/t50-,51+/m0/s1. The van der Waals surface area contributed by atoms with E-state index in [1.807, 2.05) is 27.2 Å². The first-order valence-electron chi connectivity index (χ1n) is 26.6. The number of nitrogens with one attached hydrogen (secondary N) is 1. The van der Waals surface area contributed by atoms with Gasteiger partial charge >= 0.3 is 7.82 Å². The lowest BCUT2D eigenvalue weighted by molar-refractivity contribution is -0.870. The van der Waals surface area contributed by atoms with Crippen molar-refractivity contribution in [3.63, 3.8) is 0 Å². The molecule has 0 radical (unpaired) electrons. The van der Waals surface area contributed by atoms with Gasteiger partial charge in [0.1, 0.15) is 13.2 Å². The summed E-state index contributed by atoms with van der Waals surface area (Å²) in [7, 11) is 1.58. The fraction of sp³-hybridized carbons (Fsp3) is 0.942. The molecule has 0 bridgehead atoms. The minimum Gasteiger partial charge on any atom is -0.387 e. The number of quaternary nitrogens is 1. The van der Waals surface area contributed by atoms with E-state index in [2.05, 4.69) is 19.2 Å². The smallest absolute Gasteiger partial charge is 0.387 e. The second-order valence-corrected chi connectivity index (χ2v) is 21.1. The summed E-state index contributed by atoms with van der Waals surface area (Å²) in [5.41, 5.74) is 0. The summed E-state index contributed by atoms with van der Waals surface area (Å²) in [6.07, 6.45) is 53.1. The number of rotatable bonds is 49. The number of unbranched alkanes of at least 4 members (excludes halogenated alkanes) is 36. The number of phosphoric ester groups is 1. The number of phosphoric acid groups is 1. The Hall–Kier alpha value is -0.760. The molecule has 0 heterocycles. The molecule has 61 heavy (non-hydrogen) atoms. The monoisotopic (exact) mass is 886 g/mol. The molecule has 0 aliphatic carbocycles. The lowest BCUT2D eigenvalue weighted by atomic mass is 10.0. The zero-order chi connectivity index (χ0) is 45.0. The van der Waals surface area contributed by atoms with Crippen LogP contribution in [0.4, 0.5) is 0 Å². The SMILES string of the molecule is CCCCCCCCCCC/C=C/[C@@H](O)[C@H](COP(=O)(O)OCC[N+](C)(C)C)NC(=O)CCCCCCCCCCCCCCCCCCCCCCCCCCCCCC. The summed E-state index contributed by atoms with van der Waals surface area (Å²) in [4.78, 5) is 23.2. The van der Waals surface area contributed by atoms with Crippen LogP contribution in [0.5, 0.6) is 0 Å². The minimum absolute atomic E-state index is 0.0646. The molecule has 0 aliphatic rings. The van der Waals surface area contributed by atoms with Crippen molar-refractivity contribution in [3.05, 3.63) is 12.2 Å². The molecular formula is C52H106N2O6P+. The molecule has 0 aliphatic heterocycles. The van der Waals surface area contributed by atoms with Gasteiger partial charge < -0.3 is 19.8 Å². The molecule has 0 saturated heterocycles. The van der Waals surface area contributed by atoms with Crippen LogP contribution in [0.25, 0.3) is 0 Å². The maximum absolute atomic E-state index is 12.9. The van der Waals surface area contributed by atoms with Crippen LogP contribution in [0.15, 0.2) is 12.2 Å². The quantitative estimate of drug-likeness (QED) is 0.0243. The lowest BCUT2D eigenvalue weighted by Gasteiger charge is -2.25. The molecule has 1 unspecified atom stereocenters. The Kier molecular flexibility index (Phi) is 43.9. The third kappa shape index (κ3) is 47.0. The second-order valence-electron chi connectivity index (χ2n) is 19.6. The molecule has 364 valence electrons. The number of aliphatic hydroxyl groups is 1. The van der Waals surface area contributed by atoms with E-state index in [0.29, 0.717) is 17.4 Å². The summed E-state index contributed by atoms with van der Waals surface area (Å²) in [6.45, 7) is 4.83. The van der Waals surface area contributed by atoms with Gasteiger partial charge in [0.05, 0.1) is 39.9 Å². The number of hydrogen-bond acceptors (Lipinski definition) is 5. The van der Waals surface area contributed by atoms with Gasteiger partial charge in [-0.2, -0.15) is 0 Å². The normalized spacial score (nSPS) is 14.1. The van der Waals surface area contributed by atoms with Crippen LogP contribution in [-0.4, -0.2) is 73.4 Å².